The number of carbonyl (C=O) groups is 1. The molecule has 1 saturated carbocycles. The third-order valence-corrected chi connectivity index (χ3v) is 6.64. The van der Waals surface area contributed by atoms with Crippen molar-refractivity contribution in [1.82, 2.24) is 4.57 Å². The molecule has 0 saturated heterocycles. The molecule has 0 radical (unpaired) electrons. The molecule has 0 bridgehead atoms. The highest BCUT2D eigenvalue weighted by molar-refractivity contribution is 5.98. The lowest BCUT2D eigenvalue weighted by Crippen LogP contribution is -2.22. The third kappa shape index (κ3) is 4.21. The highest BCUT2D eigenvalue weighted by Gasteiger charge is 2.30. The molecule has 3 aromatic carbocycles. The second-order valence-corrected chi connectivity index (χ2v) is 8.88. The van der Waals surface area contributed by atoms with Crippen molar-refractivity contribution in [3.63, 3.8) is 0 Å². The number of carbonyl (C=O) groups excluding carboxylic acids is 1. The van der Waals surface area contributed by atoms with Crippen LogP contribution >= 0.6 is 0 Å². The van der Waals surface area contributed by atoms with Gasteiger partial charge in [-0.3, -0.25) is 9.59 Å². The Bertz CT molecular complexity index is 1420. The quantitative estimate of drug-likeness (QED) is 0.411. The lowest BCUT2D eigenvalue weighted by molar-refractivity contribution is -0.117. The number of amides is 1. The van der Waals surface area contributed by atoms with E-state index in [1.54, 1.807) is 11.7 Å². The standard InChI is InChI=1S/C29H28N2O3/c1-31-26(17-14-19-8-6-7-11-25(19)30-28(32)21-12-13-21)27(20-9-4-3-5-10-20)24-18-22(34-2)15-16-23(24)29(31)33/h3-11,15-16,18,21H,12-14,17H2,1-2H3,(H,30,32). The Morgan fingerprint density at radius 3 is 2.44 bits per heavy atom. The van der Waals surface area contributed by atoms with Gasteiger partial charge >= 0.3 is 0 Å². The number of nitrogens with zero attached hydrogens (tertiary/aromatic N) is 1. The fraction of sp³-hybridized carbons (Fsp3) is 0.241. The van der Waals surface area contributed by atoms with E-state index in [4.69, 9.17) is 4.74 Å². The van der Waals surface area contributed by atoms with Crippen molar-refractivity contribution in [2.75, 3.05) is 12.4 Å². The van der Waals surface area contributed by atoms with E-state index in [9.17, 15) is 9.59 Å². The molecule has 5 heteroatoms. The summed E-state index contributed by atoms with van der Waals surface area (Å²) in [4.78, 5) is 25.7. The second kappa shape index (κ2) is 9.18. The van der Waals surface area contributed by atoms with Gasteiger partial charge in [-0.2, -0.15) is 0 Å². The minimum absolute atomic E-state index is 0.0253. The molecule has 0 aliphatic heterocycles. The SMILES string of the molecule is COc1ccc2c(=O)n(C)c(CCc3ccccc3NC(=O)C3CC3)c(-c3ccccc3)c2c1. The van der Waals surface area contributed by atoms with Crippen molar-refractivity contribution in [3.05, 3.63) is 94.4 Å². The molecule has 4 aromatic rings. The molecular weight excluding hydrogens is 424 g/mol. The molecule has 1 amide bonds. The number of anilines is 1. The molecule has 1 aliphatic carbocycles. The van der Waals surface area contributed by atoms with E-state index in [2.05, 4.69) is 17.4 Å². The van der Waals surface area contributed by atoms with Gasteiger partial charge in [-0.15, -0.1) is 0 Å². The van der Waals surface area contributed by atoms with E-state index >= 15 is 0 Å². The molecule has 0 unspecified atom stereocenters. The molecule has 5 nitrogen and oxygen atoms in total. The maximum Gasteiger partial charge on any atom is 0.258 e. The number of pyridine rings is 1. The van der Waals surface area contributed by atoms with Gasteiger partial charge in [0.1, 0.15) is 5.75 Å². The summed E-state index contributed by atoms with van der Waals surface area (Å²) in [6, 6.07) is 23.7. The van der Waals surface area contributed by atoms with Crippen LogP contribution in [-0.4, -0.2) is 17.6 Å². The fourth-order valence-corrected chi connectivity index (χ4v) is 4.58. The predicted octanol–water partition coefficient (Wildman–Crippen LogP) is 5.35. The summed E-state index contributed by atoms with van der Waals surface area (Å²) in [5.74, 6) is 0.966. The first-order chi connectivity index (χ1) is 16.6. The van der Waals surface area contributed by atoms with Gasteiger partial charge in [0.15, 0.2) is 0 Å². The van der Waals surface area contributed by atoms with Crippen LogP contribution < -0.4 is 15.6 Å². The number of hydrogen-bond acceptors (Lipinski definition) is 3. The Kier molecular flexibility index (Phi) is 5.93. The summed E-state index contributed by atoms with van der Waals surface area (Å²) in [5, 5.41) is 4.66. The van der Waals surface area contributed by atoms with Crippen molar-refractivity contribution in [2.24, 2.45) is 13.0 Å². The molecule has 1 heterocycles. The molecule has 34 heavy (non-hydrogen) atoms. The van der Waals surface area contributed by atoms with Gasteiger partial charge in [-0.05, 0) is 61.1 Å². The number of para-hydroxylation sites is 1. The van der Waals surface area contributed by atoms with Crippen LogP contribution in [0.2, 0.25) is 0 Å². The summed E-state index contributed by atoms with van der Waals surface area (Å²) in [7, 11) is 3.48. The minimum Gasteiger partial charge on any atom is -0.497 e. The summed E-state index contributed by atoms with van der Waals surface area (Å²) in [6.07, 6.45) is 3.29. The number of aromatic nitrogens is 1. The van der Waals surface area contributed by atoms with Gasteiger partial charge in [0.25, 0.3) is 5.56 Å². The third-order valence-electron chi connectivity index (χ3n) is 6.64. The number of aryl methyl sites for hydroxylation is 1. The van der Waals surface area contributed by atoms with E-state index in [0.717, 1.165) is 52.0 Å². The van der Waals surface area contributed by atoms with Crippen LogP contribution in [0.15, 0.2) is 77.6 Å². The Morgan fingerprint density at radius 1 is 0.971 bits per heavy atom. The van der Waals surface area contributed by atoms with E-state index in [-0.39, 0.29) is 17.4 Å². The Hall–Kier alpha value is -3.86. The zero-order chi connectivity index (χ0) is 23.7. The van der Waals surface area contributed by atoms with Crippen LogP contribution in [-0.2, 0) is 24.7 Å². The number of nitrogens with one attached hydrogen (secondary N) is 1. The van der Waals surface area contributed by atoms with Crippen molar-refractivity contribution >= 4 is 22.4 Å². The summed E-state index contributed by atoms with van der Waals surface area (Å²) < 4.78 is 7.25. The zero-order valence-corrected chi connectivity index (χ0v) is 19.5. The average Bonchev–Trinajstić information content (AvgIpc) is 3.72. The molecular formula is C29H28N2O3. The molecule has 0 atom stereocenters. The monoisotopic (exact) mass is 452 g/mol. The van der Waals surface area contributed by atoms with Crippen molar-refractivity contribution in [1.29, 1.82) is 0 Å². The number of benzene rings is 3. The molecule has 0 spiro atoms. The topological polar surface area (TPSA) is 60.3 Å². The first-order valence-electron chi connectivity index (χ1n) is 11.7. The van der Waals surface area contributed by atoms with Crippen molar-refractivity contribution in [3.8, 4) is 16.9 Å². The Labute approximate surface area is 199 Å². The number of rotatable bonds is 7. The van der Waals surface area contributed by atoms with Crippen LogP contribution in [0.1, 0.15) is 24.1 Å². The normalized spacial score (nSPS) is 13.1. The largest absolute Gasteiger partial charge is 0.497 e. The van der Waals surface area contributed by atoms with E-state index < -0.39 is 0 Å². The summed E-state index contributed by atoms with van der Waals surface area (Å²) in [5.41, 5.74) is 4.95. The molecule has 1 N–H and O–H groups in total. The van der Waals surface area contributed by atoms with Crippen molar-refractivity contribution in [2.45, 2.75) is 25.7 Å². The maximum atomic E-state index is 13.3. The van der Waals surface area contributed by atoms with Gasteiger partial charge in [0, 0.05) is 40.7 Å². The number of methoxy groups -OCH3 is 1. The molecule has 1 aliphatic rings. The smallest absolute Gasteiger partial charge is 0.258 e. The van der Waals surface area contributed by atoms with Gasteiger partial charge < -0.3 is 14.6 Å². The van der Waals surface area contributed by atoms with Gasteiger partial charge in [0.2, 0.25) is 5.91 Å². The van der Waals surface area contributed by atoms with E-state index in [1.807, 2.05) is 67.7 Å². The first kappa shape index (κ1) is 22.0. The lowest BCUT2D eigenvalue weighted by Gasteiger charge is -2.19. The van der Waals surface area contributed by atoms with Gasteiger partial charge in [-0.25, -0.2) is 0 Å². The number of hydrogen-bond donors (Lipinski definition) is 1. The first-order valence-corrected chi connectivity index (χ1v) is 11.7. The fourth-order valence-electron chi connectivity index (χ4n) is 4.58. The van der Waals surface area contributed by atoms with Crippen LogP contribution in [0.4, 0.5) is 5.69 Å². The number of fused-ring (bicyclic) bond motifs is 1. The van der Waals surface area contributed by atoms with Crippen LogP contribution in [0.25, 0.3) is 21.9 Å². The average molecular weight is 453 g/mol. The molecule has 1 aromatic heterocycles. The minimum atomic E-state index is -0.0253. The summed E-state index contributed by atoms with van der Waals surface area (Å²) >= 11 is 0. The van der Waals surface area contributed by atoms with E-state index in [1.165, 1.54) is 0 Å². The second-order valence-electron chi connectivity index (χ2n) is 8.88. The number of ether oxygens (including phenoxy) is 1. The van der Waals surface area contributed by atoms with Gasteiger partial charge in [0.05, 0.1) is 7.11 Å². The Balaban J connectivity index is 1.59. The highest BCUT2D eigenvalue weighted by atomic mass is 16.5. The zero-order valence-electron chi connectivity index (χ0n) is 19.5. The molecule has 1 fully saturated rings. The molecule has 5 rings (SSSR count). The van der Waals surface area contributed by atoms with Crippen molar-refractivity contribution < 1.29 is 9.53 Å². The predicted molar refractivity (Wildman–Crippen MR) is 136 cm³/mol. The van der Waals surface area contributed by atoms with E-state index in [0.29, 0.717) is 18.2 Å². The summed E-state index contributed by atoms with van der Waals surface area (Å²) in [6.45, 7) is 0. The van der Waals surface area contributed by atoms with Crippen LogP contribution in [0.3, 0.4) is 0 Å². The maximum absolute atomic E-state index is 13.3. The van der Waals surface area contributed by atoms with Crippen LogP contribution in [0.5, 0.6) is 5.75 Å². The van der Waals surface area contributed by atoms with Gasteiger partial charge in [-0.1, -0.05) is 48.5 Å². The highest BCUT2D eigenvalue weighted by Crippen LogP contribution is 2.34. The Morgan fingerprint density at radius 2 is 1.71 bits per heavy atom. The molecule has 172 valence electrons. The van der Waals surface area contributed by atoms with Crippen LogP contribution in [0, 0.1) is 5.92 Å². The lowest BCUT2D eigenvalue weighted by atomic mass is 9.93.